The molecule has 0 bridgehead atoms. The first-order valence-electron chi connectivity index (χ1n) is 10.3. The lowest BCUT2D eigenvalue weighted by Gasteiger charge is -2.15. The smallest absolute Gasteiger partial charge is 0.266 e. The van der Waals surface area contributed by atoms with Crippen molar-refractivity contribution in [2.75, 3.05) is 12.9 Å². The molecule has 0 saturated carbocycles. The van der Waals surface area contributed by atoms with Gasteiger partial charge in [0.2, 0.25) is 5.91 Å². The van der Waals surface area contributed by atoms with Gasteiger partial charge in [0.25, 0.3) is 11.5 Å². The lowest BCUT2D eigenvalue weighted by atomic mass is 10.2. The summed E-state index contributed by atoms with van der Waals surface area (Å²) in [6, 6.07) is 18.7. The molecule has 0 aliphatic rings. The minimum absolute atomic E-state index is 0.119. The van der Waals surface area contributed by atoms with Crippen molar-refractivity contribution in [3.8, 4) is 11.4 Å². The topological polar surface area (TPSA) is 90.3 Å². The van der Waals surface area contributed by atoms with E-state index in [1.165, 1.54) is 11.7 Å². The van der Waals surface area contributed by atoms with E-state index >= 15 is 0 Å². The predicted molar refractivity (Wildman–Crippen MR) is 133 cm³/mol. The van der Waals surface area contributed by atoms with Crippen LogP contribution in [0.4, 0.5) is 0 Å². The number of fused-ring (bicyclic) bond motifs is 1. The van der Waals surface area contributed by atoms with Gasteiger partial charge in [0.1, 0.15) is 5.75 Å². The molecule has 1 aromatic heterocycles. The van der Waals surface area contributed by atoms with Crippen molar-refractivity contribution in [1.29, 1.82) is 0 Å². The maximum atomic E-state index is 13.4. The van der Waals surface area contributed by atoms with Crippen LogP contribution in [0, 0.1) is 6.92 Å². The minimum atomic E-state index is -0.525. The van der Waals surface area contributed by atoms with Crippen molar-refractivity contribution in [2.24, 2.45) is 0 Å². The third-order valence-corrected chi connectivity index (χ3v) is 6.27. The largest absolute Gasteiger partial charge is 0.497 e. The van der Waals surface area contributed by atoms with Gasteiger partial charge in [-0.1, -0.05) is 41.6 Å². The number of methoxy groups -OCH3 is 1. The Kier molecular flexibility index (Phi) is 7.00. The number of hydrogen-bond acceptors (Lipinski definition) is 6. The first kappa shape index (κ1) is 23.5. The van der Waals surface area contributed by atoms with Crippen molar-refractivity contribution in [2.45, 2.75) is 12.1 Å². The summed E-state index contributed by atoms with van der Waals surface area (Å²) in [7, 11) is 1.53. The number of para-hydroxylation sites is 1. The maximum absolute atomic E-state index is 13.4. The Morgan fingerprint density at radius 1 is 1.09 bits per heavy atom. The highest BCUT2D eigenvalue weighted by Crippen LogP contribution is 2.24. The van der Waals surface area contributed by atoms with Gasteiger partial charge >= 0.3 is 0 Å². The number of nitrogens with one attached hydrogen (secondary N) is 1. The number of rotatable bonds is 6. The molecule has 34 heavy (non-hydrogen) atoms. The van der Waals surface area contributed by atoms with Crippen LogP contribution in [-0.4, -0.2) is 34.2 Å². The molecular formula is C25H20ClN3O4S. The van der Waals surface area contributed by atoms with Crippen molar-refractivity contribution >= 4 is 46.1 Å². The molecule has 0 aliphatic carbocycles. The molecule has 0 spiro atoms. The molecule has 4 rings (SSSR count). The summed E-state index contributed by atoms with van der Waals surface area (Å²) in [5.74, 6) is -0.549. The summed E-state index contributed by atoms with van der Waals surface area (Å²) in [6.45, 7) is 1.89. The van der Waals surface area contributed by atoms with E-state index < -0.39 is 11.8 Å². The summed E-state index contributed by atoms with van der Waals surface area (Å²) in [5, 5.41) is 3.54. The van der Waals surface area contributed by atoms with Crippen LogP contribution in [0.15, 0.2) is 76.7 Å². The summed E-state index contributed by atoms with van der Waals surface area (Å²) >= 11 is 7.16. The quantitative estimate of drug-likeness (QED) is 0.316. The van der Waals surface area contributed by atoms with Crippen LogP contribution < -0.4 is 15.6 Å². The van der Waals surface area contributed by atoms with Gasteiger partial charge in [-0.15, -0.1) is 0 Å². The maximum Gasteiger partial charge on any atom is 0.266 e. The van der Waals surface area contributed by atoms with Crippen LogP contribution in [0.5, 0.6) is 5.75 Å². The monoisotopic (exact) mass is 493 g/mol. The first-order chi connectivity index (χ1) is 16.4. The highest BCUT2D eigenvalue weighted by Gasteiger charge is 2.17. The SMILES string of the molecule is COc1ccc(C(=O)NC(=O)CSc2nc3cc(Cl)ccc3c(=O)n2-c2ccccc2C)cc1. The van der Waals surface area contributed by atoms with E-state index in [1.807, 2.05) is 31.2 Å². The van der Waals surface area contributed by atoms with Crippen molar-refractivity contribution in [3.05, 3.63) is 93.2 Å². The molecule has 7 nitrogen and oxygen atoms in total. The van der Waals surface area contributed by atoms with Gasteiger partial charge in [0, 0.05) is 10.6 Å². The highest BCUT2D eigenvalue weighted by atomic mass is 35.5. The van der Waals surface area contributed by atoms with Gasteiger partial charge in [-0.25, -0.2) is 4.98 Å². The zero-order valence-corrected chi connectivity index (χ0v) is 19.9. The second kappa shape index (κ2) is 10.1. The predicted octanol–water partition coefficient (Wildman–Crippen LogP) is 4.40. The summed E-state index contributed by atoms with van der Waals surface area (Å²) in [4.78, 5) is 42.9. The van der Waals surface area contributed by atoms with Crippen LogP contribution in [0.25, 0.3) is 16.6 Å². The van der Waals surface area contributed by atoms with Gasteiger partial charge in [0.15, 0.2) is 5.16 Å². The van der Waals surface area contributed by atoms with E-state index in [9.17, 15) is 14.4 Å². The van der Waals surface area contributed by atoms with Gasteiger partial charge < -0.3 is 4.74 Å². The second-order valence-electron chi connectivity index (χ2n) is 7.38. The van der Waals surface area contributed by atoms with Crippen molar-refractivity contribution in [3.63, 3.8) is 0 Å². The Bertz CT molecular complexity index is 1450. The molecule has 0 saturated heterocycles. The number of hydrogen-bond donors (Lipinski definition) is 1. The number of aryl methyl sites for hydroxylation is 1. The Hall–Kier alpha value is -3.62. The average molecular weight is 494 g/mol. The number of carbonyl (C=O) groups excluding carboxylic acids is 2. The molecule has 1 heterocycles. The number of aromatic nitrogens is 2. The normalized spacial score (nSPS) is 10.8. The number of carbonyl (C=O) groups is 2. The van der Waals surface area contributed by atoms with E-state index in [0.717, 1.165) is 17.3 Å². The number of imide groups is 1. The minimum Gasteiger partial charge on any atom is -0.497 e. The number of thioether (sulfide) groups is 1. The molecule has 0 atom stereocenters. The van der Waals surface area contributed by atoms with Gasteiger partial charge in [-0.2, -0.15) is 0 Å². The van der Waals surface area contributed by atoms with Crippen LogP contribution >= 0.6 is 23.4 Å². The molecular weight excluding hydrogens is 474 g/mol. The van der Waals surface area contributed by atoms with Crippen LogP contribution in [-0.2, 0) is 4.79 Å². The fourth-order valence-electron chi connectivity index (χ4n) is 3.37. The Morgan fingerprint density at radius 2 is 1.82 bits per heavy atom. The molecule has 0 unspecified atom stereocenters. The van der Waals surface area contributed by atoms with Crippen LogP contribution in [0.3, 0.4) is 0 Å². The average Bonchev–Trinajstić information content (AvgIpc) is 2.83. The fourth-order valence-corrected chi connectivity index (χ4v) is 4.34. The Labute approximate surface area is 204 Å². The number of halogens is 1. The summed E-state index contributed by atoms with van der Waals surface area (Å²) in [5.41, 5.74) is 2.02. The van der Waals surface area contributed by atoms with E-state index in [4.69, 9.17) is 16.3 Å². The Morgan fingerprint density at radius 3 is 2.53 bits per heavy atom. The number of nitrogens with zero attached hydrogens (tertiary/aromatic N) is 2. The number of benzene rings is 3. The number of amides is 2. The standard InChI is InChI=1S/C25H20ClN3O4S/c1-15-5-3-4-6-21(15)29-24(32)19-12-9-17(26)13-20(19)27-25(29)34-14-22(30)28-23(31)16-7-10-18(33-2)11-8-16/h3-13H,14H2,1-2H3,(H,28,30,31). The lowest BCUT2D eigenvalue weighted by molar-refractivity contribution is -0.117. The first-order valence-corrected chi connectivity index (χ1v) is 11.6. The Balaban J connectivity index is 1.62. The molecule has 2 amide bonds. The number of ether oxygens (including phenoxy) is 1. The molecule has 3 aromatic carbocycles. The molecule has 172 valence electrons. The summed E-state index contributed by atoms with van der Waals surface area (Å²) < 4.78 is 6.56. The second-order valence-corrected chi connectivity index (χ2v) is 8.76. The van der Waals surface area contributed by atoms with E-state index in [-0.39, 0.29) is 11.3 Å². The van der Waals surface area contributed by atoms with E-state index in [2.05, 4.69) is 10.3 Å². The van der Waals surface area contributed by atoms with Crippen molar-refractivity contribution in [1.82, 2.24) is 14.9 Å². The van der Waals surface area contributed by atoms with Gasteiger partial charge in [0.05, 0.1) is 29.5 Å². The molecule has 1 N–H and O–H groups in total. The third kappa shape index (κ3) is 4.98. The van der Waals surface area contributed by atoms with Gasteiger partial charge in [-0.3, -0.25) is 24.3 Å². The fraction of sp³-hybridized carbons (Fsp3) is 0.120. The third-order valence-electron chi connectivity index (χ3n) is 5.09. The molecule has 0 aliphatic heterocycles. The van der Waals surface area contributed by atoms with Crippen molar-refractivity contribution < 1.29 is 14.3 Å². The van der Waals surface area contributed by atoms with E-state index in [1.54, 1.807) is 42.5 Å². The zero-order valence-electron chi connectivity index (χ0n) is 18.4. The van der Waals surface area contributed by atoms with E-state index in [0.29, 0.717) is 38.1 Å². The molecule has 0 radical (unpaired) electrons. The van der Waals surface area contributed by atoms with Crippen LogP contribution in [0.1, 0.15) is 15.9 Å². The molecule has 0 fully saturated rings. The van der Waals surface area contributed by atoms with Gasteiger partial charge in [-0.05, 0) is 61.0 Å². The molecule has 9 heteroatoms. The lowest BCUT2D eigenvalue weighted by Crippen LogP contribution is -2.32. The highest BCUT2D eigenvalue weighted by molar-refractivity contribution is 7.99. The van der Waals surface area contributed by atoms with Crippen LogP contribution in [0.2, 0.25) is 5.02 Å². The zero-order chi connectivity index (χ0) is 24.2. The molecule has 4 aromatic rings. The summed E-state index contributed by atoms with van der Waals surface area (Å²) in [6.07, 6.45) is 0.